The van der Waals surface area contributed by atoms with Crippen LogP contribution in [0.5, 0.6) is 0 Å². The summed E-state index contributed by atoms with van der Waals surface area (Å²) in [6.45, 7) is 5.64. The van der Waals surface area contributed by atoms with E-state index in [0.717, 1.165) is 43.2 Å². The van der Waals surface area contributed by atoms with E-state index in [0.29, 0.717) is 31.4 Å². The van der Waals surface area contributed by atoms with Crippen molar-refractivity contribution in [2.75, 3.05) is 0 Å². The Kier molecular flexibility index (Phi) is 11.9. The molecule has 2 aliphatic rings. The number of benzene rings is 2. The topological polar surface area (TPSA) is 125 Å². The summed E-state index contributed by atoms with van der Waals surface area (Å²) in [6, 6.07) is 14.2. The van der Waals surface area contributed by atoms with Crippen LogP contribution in [0.25, 0.3) is 0 Å². The largest absolute Gasteiger partial charge is 0.461 e. The zero-order valence-corrected chi connectivity index (χ0v) is 26.2. The van der Waals surface area contributed by atoms with Crippen LogP contribution in [0.15, 0.2) is 54.6 Å². The second kappa shape index (κ2) is 15.8. The van der Waals surface area contributed by atoms with Crippen molar-refractivity contribution in [3.8, 4) is 0 Å². The maximum atomic E-state index is 14.0. The molecule has 0 bridgehead atoms. The van der Waals surface area contributed by atoms with Gasteiger partial charge >= 0.3 is 5.97 Å². The van der Waals surface area contributed by atoms with Gasteiger partial charge in [0.1, 0.15) is 12.1 Å². The lowest BCUT2D eigenvalue weighted by Crippen LogP contribution is -2.57. The molecule has 2 aromatic rings. The molecule has 1 aliphatic heterocycles. The molecular formula is C35H47N3O6. The second-order valence-corrected chi connectivity index (χ2v) is 12.4. The fourth-order valence-corrected chi connectivity index (χ4v) is 6.33. The summed E-state index contributed by atoms with van der Waals surface area (Å²) >= 11 is 0. The highest BCUT2D eigenvalue weighted by Crippen LogP contribution is 2.29. The van der Waals surface area contributed by atoms with Crippen LogP contribution in [0, 0.1) is 5.92 Å². The number of amides is 3. The predicted octanol–water partition coefficient (Wildman–Crippen LogP) is 4.31. The number of esters is 1. The molecule has 4 atom stereocenters. The number of fused-ring (bicyclic) bond motifs is 1. The van der Waals surface area contributed by atoms with E-state index >= 15 is 0 Å². The van der Waals surface area contributed by atoms with Crippen LogP contribution in [-0.4, -0.2) is 64.0 Å². The van der Waals surface area contributed by atoms with Crippen molar-refractivity contribution < 1.29 is 29.0 Å². The molecule has 4 rings (SSSR count). The number of hydrogen-bond acceptors (Lipinski definition) is 6. The van der Waals surface area contributed by atoms with E-state index in [1.807, 2.05) is 55.5 Å². The molecule has 0 aromatic heterocycles. The number of aliphatic hydroxyl groups excluding tert-OH is 1. The van der Waals surface area contributed by atoms with Gasteiger partial charge in [-0.3, -0.25) is 14.4 Å². The molecule has 1 heterocycles. The van der Waals surface area contributed by atoms with Crippen molar-refractivity contribution in [1.82, 2.24) is 15.5 Å². The van der Waals surface area contributed by atoms with Crippen molar-refractivity contribution in [2.24, 2.45) is 5.92 Å². The minimum absolute atomic E-state index is 0.215. The lowest BCUT2D eigenvalue weighted by atomic mass is 9.83. The van der Waals surface area contributed by atoms with Crippen LogP contribution in [0.1, 0.15) is 93.6 Å². The van der Waals surface area contributed by atoms with Gasteiger partial charge in [-0.25, -0.2) is 4.79 Å². The molecule has 3 amide bonds. The minimum Gasteiger partial charge on any atom is -0.461 e. The van der Waals surface area contributed by atoms with Gasteiger partial charge in [0.15, 0.2) is 6.10 Å². The number of carbonyl (C=O) groups is 4. The Morgan fingerprint density at radius 2 is 1.64 bits per heavy atom. The van der Waals surface area contributed by atoms with Gasteiger partial charge in [-0.15, -0.1) is 0 Å². The molecule has 0 unspecified atom stereocenters. The van der Waals surface area contributed by atoms with Gasteiger partial charge in [0.2, 0.25) is 11.8 Å². The Hall–Kier alpha value is -3.72. The molecular weight excluding hydrogens is 558 g/mol. The fraction of sp³-hybridized carbons (Fsp3) is 0.543. The Labute approximate surface area is 260 Å². The van der Waals surface area contributed by atoms with E-state index in [1.165, 1.54) is 0 Å². The van der Waals surface area contributed by atoms with E-state index in [-0.39, 0.29) is 18.2 Å². The predicted molar refractivity (Wildman–Crippen MR) is 167 cm³/mol. The Morgan fingerprint density at radius 1 is 0.955 bits per heavy atom. The van der Waals surface area contributed by atoms with Crippen molar-refractivity contribution >= 4 is 23.7 Å². The van der Waals surface area contributed by atoms with Gasteiger partial charge in [0, 0.05) is 18.5 Å². The van der Waals surface area contributed by atoms with Crippen LogP contribution >= 0.6 is 0 Å². The maximum absolute atomic E-state index is 14.0. The quantitative estimate of drug-likeness (QED) is 0.276. The normalized spacial score (nSPS) is 17.8. The molecule has 1 saturated carbocycles. The van der Waals surface area contributed by atoms with Gasteiger partial charge in [-0.2, -0.15) is 0 Å². The Morgan fingerprint density at radius 3 is 2.30 bits per heavy atom. The zero-order valence-electron chi connectivity index (χ0n) is 26.2. The first kappa shape index (κ1) is 33.2. The average Bonchev–Trinajstić information content (AvgIpc) is 3.35. The highest BCUT2D eigenvalue weighted by molar-refractivity contribution is 6.01. The molecule has 2 aromatic carbocycles. The summed E-state index contributed by atoms with van der Waals surface area (Å²) < 4.78 is 5.27. The molecule has 0 spiro atoms. The van der Waals surface area contributed by atoms with Gasteiger partial charge in [0.05, 0.1) is 12.1 Å². The molecule has 44 heavy (non-hydrogen) atoms. The van der Waals surface area contributed by atoms with Crippen LogP contribution in [-0.2, 0) is 32.1 Å². The third-order valence-electron chi connectivity index (χ3n) is 8.62. The number of nitrogens with zero attached hydrogens (tertiary/aromatic N) is 1. The van der Waals surface area contributed by atoms with Crippen molar-refractivity contribution in [2.45, 2.75) is 115 Å². The number of carbonyl (C=O) groups excluding carboxylic acids is 4. The second-order valence-electron chi connectivity index (χ2n) is 12.4. The van der Waals surface area contributed by atoms with E-state index in [2.05, 4.69) is 10.6 Å². The lowest BCUT2D eigenvalue weighted by Gasteiger charge is -2.32. The molecule has 9 heteroatoms. The molecule has 3 N–H and O–H groups in total. The summed E-state index contributed by atoms with van der Waals surface area (Å²) in [6.07, 6.45) is 5.04. The average molecular weight is 606 g/mol. The minimum atomic E-state index is -1.52. The zero-order chi connectivity index (χ0) is 31.6. The first-order valence-electron chi connectivity index (χ1n) is 16.1. The molecule has 238 valence electrons. The van der Waals surface area contributed by atoms with Crippen molar-refractivity contribution in [3.63, 3.8) is 0 Å². The number of rotatable bonds is 14. The lowest BCUT2D eigenvalue weighted by molar-refractivity contribution is -0.159. The van der Waals surface area contributed by atoms with Gasteiger partial charge in [0.25, 0.3) is 5.91 Å². The van der Waals surface area contributed by atoms with E-state index in [9.17, 15) is 24.3 Å². The smallest absolute Gasteiger partial charge is 0.337 e. The molecule has 1 aliphatic carbocycles. The van der Waals surface area contributed by atoms with Crippen LogP contribution < -0.4 is 10.6 Å². The highest BCUT2D eigenvalue weighted by atomic mass is 16.6. The molecule has 1 fully saturated rings. The molecule has 9 nitrogen and oxygen atoms in total. The fourth-order valence-electron chi connectivity index (χ4n) is 6.33. The van der Waals surface area contributed by atoms with Crippen LogP contribution in [0.2, 0.25) is 0 Å². The number of nitrogens with one attached hydrogen (secondary N) is 2. The van der Waals surface area contributed by atoms with Crippen LogP contribution in [0.3, 0.4) is 0 Å². The van der Waals surface area contributed by atoms with E-state index < -0.39 is 48.1 Å². The van der Waals surface area contributed by atoms with Gasteiger partial charge in [-0.05, 0) is 49.8 Å². The highest BCUT2D eigenvalue weighted by Gasteiger charge is 2.38. The number of ether oxygens (including phenoxy) is 1. The van der Waals surface area contributed by atoms with Crippen LogP contribution in [0.4, 0.5) is 0 Å². The summed E-state index contributed by atoms with van der Waals surface area (Å²) in [4.78, 5) is 55.4. The van der Waals surface area contributed by atoms with Gasteiger partial charge < -0.3 is 25.4 Å². The monoisotopic (exact) mass is 605 g/mol. The number of aliphatic hydroxyl groups is 1. The summed E-state index contributed by atoms with van der Waals surface area (Å²) in [7, 11) is 0. The third-order valence-corrected chi connectivity index (χ3v) is 8.62. The maximum Gasteiger partial charge on any atom is 0.337 e. The summed E-state index contributed by atoms with van der Waals surface area (Å²) in [5, 5.41) is 16.8. The third kappa shape index (κ3) is 8.68. The number of hydrogen-bond donors (Lipinski definition) is 3. The van der Waals surface area contributed by atoms with Crippen molar-refractivity contribution in [1.29, 1.82) is 0 Å². The first-order valence-corrected chi connectivity index (χ1v) is 16.1. The SMILES string of the molecule is CCC[C@H](NC(=O)[C@H](Cc1ccccc1)N1Cc2ccccc2C1=O)C(=O)N[C@@H](CC1CCCCC1)[C@H](O)C(=O)OC(C)C. The summed E-state index contributed by atoms with van der Waals surface area (Å²) in [5.74, 6) is -1.60. The Bertz CT molecular complexity index is 1280. The standard InChI is InChI=1S/C35H47N3O6/c1-4-13-28(32(40)37-29(20-24-14-7-5-8-15-24)31(39)35(43)44-23(2)3)36-33(41)30(21-25-16-9-6-10-17-25)38-22-26-18-11-12-19-27(26)34(38)42/h6,9-12,16-19,23-24,28-31,39H,4-5,7-8,13-15,20-22H2,1-3H3,(H,36,41)(H,37,40)/t28-,29-,30-,31-/m0/s1. The Balaban J connectivity index is 1.53. The summed E-state index contributed by atoms with van der Waals surface area (Å²) in [5.41, 5.74) is 2.33. The van der Waals surface area contributed by atoms with Gasteiger partial charge in [-0.1, -0.05) is 94.0 Å². The van der Waals surface area contributed by atoms with E-state index in [4.69, 9.17) is 4.74 Å². The molecule has 0 saturated heterocycles. The molecule has 0 radical (unpaired) electrons. The first-order chi connectivity index (χ1) is 21.2. The van der Waals surface area contributed by atoms with E-state index in [1.54, 1.807) is 24.8 Å². The van der Waals surface area contributed by atoms with Crippen molar-refractivity contribution in [3.05, 3.63) is 71.3 Å².